The average Bonchev–Trinajstić information content (AvgIpc) is 3.42. The maximum atomic E-state index is 13.3. The summed E-state index contributed by atoms with van der Waals surface area (Å²) in [4.78, 5) is 52.5. The zero-order chi connectivity index (χ0) is 24.0. The largest absolute Gasteiger partial charge is 0.422 e. The molecule has 1 N–H and O–H groups in total. The summed E-state index contributed by atoms with van der Waals surface area (Å²) >= 11 is 3.39. The molecule has 0 spiro atoms. The van der Waals surface area contributed by atoms with Gasteiger partial charge in [0.2, 0.25) is 0 Å². The number of rotatable bonds is 4. The predicted octanol–water partition coefficient (Wildman–Crippen LogP) is 4.63. The van der Waals surface area contributed by atoms with Crippen molar-refractivity contribution in [2.45, 2.75) is 38.6 Å². The lowest BCUT2D eigenvalue weighted by Gasteiger charge is -2.35. The molecule has 7 nitrogen and oxygen atoms in total. The number of benzene rings is 2. The molecule has 1 saturated heterocycles. The van der Waals surface area contributed by atoms with E-state index in [1.165, 1.54) is 11.0 Å². The number of nitrogens with one attached hydrogen (secondary N) is 1. The third-order valence-electron chi connectivity index (χ3n) is 6.89. The van der Waals surface area contributed by atoms with Crippen LogP contribution >= 0.6 is 15.9 Å². The van der Waals surface area contributed by atoms with E-state index < -0.39 is 23.8 Å². The molecule has 1 aliphatic heterocycles. The maximum Gasteiger partial charge on any atom is 0.343 e. The molecular weight excluding hydrogens is 500 g/mol. The minimum Gasteiger partial charge on any atom is -0.422 e. The Morgan fingerprint density at radius 3 is 2.65 bits per heavy atom. The molecule has 2 bridgehead atoms. The number of hydrogen-bond acceptors (Lipinski definition) is 5. The number of ether oxygens (including phenoxy) is 1. The van der Waals surface area contributed by atoms with Crippen molar-refractivity contribution in [1.82, 2.24) is 10.2 Å². The zero-order valence-corrected chi connectivity index (χ0v) is 20.1. The van der Waals surface area contributed by atoms with Gasteiger partial charge in [-0.1, -0.05) is 40.0 Å². The van der Waals surface area contributed by atoms with Crippen LogP contribution in [0, 0.1) is 18.8 Å². The van der Waals surface area contributed by atoms with E-state index in [-0.39, 0.29) is 23.3 Å². The lowest BCUT2D eigenvalue weighted by atomic mass is 9.93. The van der Waals surface area contributed by atoms with Gasteiger partial charge in [-0.05, 0) is 74.4 Å². The van der Waals surface area contributed by atoms with Crippen LogP contribution in [0.15, 0.2) is 52.5 Å². The highest BCUT2D eigenvalue weighted by Gasteiger charge is 2.49. The summed E-state index contributed by atoms with van der Waals surface area (Å²) in [6.07, 6.45) is 5.29. The lowest BCUT2D eigenvalue weighted by Crippen LogP contribution is -2.58. The molecule has 0 aromatic heterocycles. The van der Waals surface area contributed by atoms with Gasteiger partial charge in [0.25, 0.3) is 11.8 Å². The van der Waals surface area contributed by atoms with Crippen LogP contribution in [0.2, 0.25) is 0 Å². The Bertz CT molecular complexity index is 1250. The standard InChI is InChI=1S/C26H23BrN2O5/c1-14-3-2-4-17(9-14)25(32)34-22-8-7-19(27)12-18(22)13-20-23(30)28-26(33)29(24(20)31)21-11-15-5-6-16(21)10-15/h2-4,7-9,12-13,15-16,21H,5-6,10-11H2,1H3,(H,28,30,33)/b20-13-/t15-,16-,21-/m0/s1. The molecule has 2 saturated carbocycles. The van der Waals surface area contributed by atoms with Crippen molar-refractivity contribution in [3.05, 3.63) is 69.2 Å². The number of hydrogen-bond donors (Lipinski definition) is 1. The Morgan fingerprint density at radius 1 is 1.12 bits per heavy atom. The van der Waals surface area contributed by atoms with Crippen molar-refractivity contribution in [3.8, 4) is 5.75 Å². The number of fused-ring (bicyclic) bond motifs is 2. The van der Waals surface area contributed by atoms with Crippen LogP contribution in [0.4, 0.5) is 4.79 Å². The molecule has 3 aliphatic rings. The number of carbonyl (C=O) groups excluding carboxylic acids is 4. The minimum absolute atomic E-state index is 0.159. The van der Waals surface area contributed by atoms with Crippen molar-refractivity contribution < 1.29 is 23.9 Å². The molecule has 8 heteroatoms. The second-order valence-corrected chi connectivity index (χ2v) is 10.1. The molecule has 1 heterocycles. The molecule has 0 unspecified atom stereocenters. The summed E-state index contributed by atoms with van der Waals surface area (Å²) in [5.74, 6) is -0.910. The first kappa shape index (κ1) is 22.5. The molecule has 2 aromatic carbocycles. The first-order valence-corrected chi connectivity index (χ1v) is 12.1. The number of barbiturate groups is 1. The molecule has 0 radical (unpaired) electrons. The lowest BCUT2D eigenvalue weighted by molar-refractivity contribution is -0.132. The van der Waals surface area contributed by atoms with E-state index in [4.69, 9.17) is 4.74 Å². The Morgan fingerprint density at radius 2 is 1.94 bits per heavy atom. The van der Waals surface area contributed by atoms with Crippen LogP contribution in [0.1, 0.15) is 47.2 Å². The molecule has 4 amide bonds. The molecule has 3 atom stereocenters. The van der Waals surface area contributed by atoms with Crippen molar-refractivity contribution in [1.29, 1.82) is 0 Å². The van der Waals surface area contributed by atoms with Crippen LogP contribution < -0.4 is 10.1 Å². The van der Waals surface area contributed by atoms with Crippen LogP contribution in [-0.2, 0) is 9.59 Å². The molecule has 34 heavy (non-hydrogen) atoms. The van der Waals surface area contributed by atoms with Crippen molar-refractivity contribution in [2.24, 2.45) is 11.8 Å². The van der Waals surface area contributed by atoms with Gasteiger partial charge in [-0.3, -0.25) is 19.8 Å². The number of carbonyl (C=O) groups is 4. The highest BCUT2D eigenvalue weighted by atomic mass is 79.9. The van der Waals surface area contributed by atoms with E-state index in [1.54, 1.807) is 36.4 Å². The SMILES string of the molecule is Cc1cccc(C(=O)Oc2ccc(Br)cc2/C=C2/C(=O)NC(=O)N([C@H]3C[C@H]4CC[C@H]3C4)C2=O)c1. The van der Waals surface area contributed by atoms with Gasteiger partial charge in [0, 0.05) is 16.1 Å². The van der Waals surface area contributed by atoms with Gasteiger partial charge >= 0.3 is 12.0 Å². The summed E-state index contributed by atoms with van der Waals surface area (Å²) in [5.41, 5.74) is 1.52. The van der Waals surface area contributed by atoms with E-state index in [0.717, 1.165) is 31.2 Å². The van der Waals surface area contributed by atoms with Gasteiger partial charge in [-0.15, -0.1) is 0 Å². The van der Waals surface area contributed by atoms with Crippen LogP contribution in [0.5, 0.6) is 5.75 Å². The number of imide groups is 2. The second kappa shape index (κ2) is 8.83. The number of esters is 1. The van der Waals surface area contributed by atoms with Gasteiger partial charge < -0.3 is 4.74 Å². The number of urea groups is 1. The van der Waals surface area contributed by atoms with E-state index in [0.29, 0.717) is 21.5 Å². The topological polar surface area (TPSA) is 92.8 Å². The first-order chi connectivity index (χ1) is 16.3. The summed E-state index contributed by atoms with van der Waals surface area (Å²) in [5, 5.41) is 2.31. The van der Waals surface area contributed by atoms with Crippen LogP contribution in [-0.4, -0.2) is 34.8 Å². The number of nitrogens with zero attached hydrogens (tertiary/aromatic N) is 1. The van der Waals surface area contributed by atoms with Crippen molar-refractivity contribution in [2.75, 3.05) is 0 Å². The Hall–Kier alpha value is -3.26. The Kier molecular flexibility index (Phi) is 5.85. The van der Waals surface area contributed by atoms with E-state index in [2.05, 4.69) is 21.2 Å². The quantitative estimate of drug-likeness (QED) is 0.273. The predicted molar refractivity (Wildman–Crippen MR) is 128 cm³/mol. The van der Waals surface area contributed by atoms with Crippen molar-refractivity contribution in [3.63, 3.8) is 0 Å². The van der Waals surface area contributed by atoms with Gasteiger partial charge in [0.15, 0.2) is 0 Å². The second-order valence-electron chi connectivity index (χ2n) is 9.18. The summed E-state index contributed by atoms with van der Waals surface area (Å²) < 4.78 is 6.29. The summed E-state index contributed by atoms with van der Waals surface area (Å²) in [6.45, 7) is 1.88. The fourth-order valence-corrected chi connectivity index (χ4v) is 5.69. The van der Waals surface area contributed by atoms with Gasteiger partial charge in [-0.25, -0.2) is 9.59 Å². The highest BCUT2D eigenvalue weighted by Crippen LogP contribution is 2.47. The summed E-state index contributed by atoms with van der Waals surface area (Å²) in [6, 6.07) is 11.1. The monoisotopic (exact) mass is 522 g/mol. The highest BCUT2D eigenvalue weighted by molar-refractivity contribution is 9.10. The Labute approximate surface area is 205 Å². The minimum atomic E-state index is -0.759. The number of aryl methyl sites for hydroxylation is 1. The normalized spacial score (nSPS) is 25.1. The van der Waals surface area contributed by atoms with Crippen molar-refractivity contribution >= 4 is 45.8 Å². The van der Waals surface area contributed by atoms with Crippen LogP contribution in [0.25, 0.3) is 6.08 Å². The molecule has 5 rings (SSSR count). The van der Waals surface area contributed by atoms with Gasteiger partial charge in [0.1, 0.15) is 11.3 Å². The zero-order valence-electron chi connectivity index (χ0n) is 18.5. The third-order valence-corrected chi connectivity index (χ3v) is 7.39. The smallest absolute Gasteiger partial charge is 0.343 e. The van der Waals surface area contributed by atoms with Gasteiger partial charge in [-0.2, -0.15) is 0 Å². The number of amides is 4. The fraction of sp³-hybridized carbons (Fsp3) is 0.308. The third kappa shape index (κ3) is 4.18. The molecule has 2 aromatic rings. The molecular formula is C26H23BrN2O5. The first-order valence-electron chi connectivity index (χ1n) is 11.3. The maximum absolute atomic E-state index is 13.3. The summed E-state index contributed by atoms with van der Waals surface area (Å²) in [7, 11) is 0. The van der Waals surface area contributed by atoms with E-state index in [1.807, 2.05) is 13.0 Å². The molecule has 2 aliphatic carbocycles. The molecule has 3 fully saturated rings. The van der Waals surface area contributed by atoms with E-state index in [9.17, 15) is 19.2 Å². The van der Waals surface area contributed by atoms with Gasteiger partial charge in [0.05, 0.1) is 5.56 Å². The average molecular weight is 523 g/mol. The molecule has 174 valence electrons. The Balaban J connectivity index is 1.46. The fourth-order valence-electron chi connectivity index (χ4n) is 5.31. The van der Waals surface area contributed by atoms with Crippen LogP contribution in [0.3, 0.4) is 0 Å². The number of halogens is 1. The van der Waals surface area contributed by atoms with E-state index >= 15 is 0 Å².